The predicted molar refractivity (Wildman–Crippen MR) is 92.0 cm³/mol. The third-order valence-electron chi connectivity index (χ3n) is 2.45. The Morgan fingerprint density at radius 1 is 1.00 bits per heavy atom. The molecule has 0 bridgehead atoms. The molecule has 0 heterocycles. The lowest BCUT2D eigenvalue weighted by Gasteiger charge is -2.10. The molecule has 20 heavy (non-hydrogen) atoms. The molecule has 0 aliphatic heterocycles. The van der Waals surface area contributed by atoms with Crippen molar-refractivity contribution in [1.82, 2.24) is 5.32 Å². The molecule has 0 saturated carbocycles. The van der Waals surface area contributed by atoms with Crippen molar-refractivity contribution in [3.8, 4) is 0 Å². The Labute approximate surface area is 139 Å². The highest BCUT2D eigenvalue weighted by Crippen LogP contribution is 2.16. The smallest absolute Gasteiger partial charge is 0.258 e. The highest BCUT2D eigenvalue weighted by Gasteiger charge is 2.10. The van der Waals surface area contributed by atoms with Crippen molar-refractivity contribution in [3.63, 3.8) is 0 Å². The molecule has 0 spiro atoms. The summed E-state index contributed by atoms with van der Waals surface area (Å²) in [5.74, 6) is -0.257. The average Bonchev–Trinajstić information content (AvgIpc) is 2.41. The minimum atomic E-state index is -0.257. The quantitative estimate of drug-likeness (QED) is 0.719. The van der Waals surface area contributed by atoms with E-state index in [0.29, 0.717) is 5.56 Å². The number of benzene rings is 2. The summed E-state index contributed by atoms with van der Waals surface area (Å²) in [4.78, 5) is 12.0. The van der Waals surface area contributed by atoms with Crippen LogP contribution in [0.25, 0.3) is 0 Å². The Morgan fingerprint density at radius 3 is 2.30 bits per heavy atom. The fraction of sp³-hybridized carbons (Fsp3) is 0. The number of rotatable bonds is 2. The molecule has 0 radical (unpaired) electrons. The molecule has 0 aromatic heterocycles. The Bertz CT molecular complexity index is 644. The molecule has 0 aliphatic carbocycles. The summed E-state index contributed by atoms with van der Waals surface area (Å²) in [7, 11) is 0. The van der Waals surface area contributed by atoms with Crippen molar-refractivity contribution in [2.45, 2.75) is 0 Å². The summed E-state index contributed by atoms with van der Waals surface area (Å²) < 4.78 is 1.70. The van der Waals surface area contributed by atoms with Crippen molar-refractivity contribution in [1.29, 1.82) is 0 Å². The first-order valence-electron chi connectivity index (χ1n) is 5.68. The normalized spacial score (nSPS) is 9.90. The molecule has 1 amide bonds. The number of halogens is 2. The van der Waals surface area contributed by atoms with Crippen molar-refractivity contribution in [3.05, 3.63) is 63.0 Å². The molecule has 0 unspecified atom stereocenters. The fourth-order valence-electron chi connectivity index (χ4n) is 1.51. The maximum Gasteiger partial charge on any atom is 0.258 e. The van der Waals surface area contributed by atoms with Crippen LogP contribution in [0.3, 0.4) is 0 Å². The van der Waals surface area contributed by atoms with Gasteiger partial charge in [0, 0.05) is 14.6 Å². The monoisotopic (exact) mass is 412 g/mol. The molecule has 0 atom stereocenters. The second-order valence-corrected chi connectivity index (χ2v) is 6.07. The maximum absolute atomic E-state index is 12.0. The van der Waals surface area contributed by atoms with E-state index >= 15 is 0 Å². The molecular weight excluding hydrogens is 404 g/mol. The van der Waals surface area contributed by atoms with E-state index < -0.39 is 0 Å². The van der Waals surface area contributed by atoms with Gasteiger partial charge in [-0.15, -0.1) is 0 Å². The summed E-state index contributed by atoms with van der Waals surface area (Å²) in [5, 5.41) is 5.85. The molecule has 0 saturated heterocycles. The molecule has 0 fully saturated rings. The molecule has 0 aliphatic rings. The number of hydrogen-bond donors (Lipinski definition) is 2. The van der Waals surface area contributed by atoms with Crippen LogP contribution in [0, 0.1) is 0 Å². The Kier molecular flexibility index (Phi) is 5.28. The highest BCUT2D eigenvalue weighted by atomic mass is 79.9. The Balaban J connectivity index is 2.00. The van der Waals surface area contributed by atoms with Crippen molar-refractivity contribution in [2.75, 3.05) is 5.32 Å². The van der Waals surface area contributed by atoms with E-state index in [9.17, 15) is 4.79 Å². The third-order valence-corrected chi connectivity index (χ3v) is 3.87. The van der Waals surface area contributed by atoms with Gasteiger partial charge in [0.15, 0.2) is 5.11 Å². The minimum Gasteiger partial charge on any atom is -0.332 e. The minimum absolute atomic E-state index is 0.257. The molecular formula is C14H10Br2N2OS. The first kappa shape index (κ1) is 15.2. The van der Waals surface area contributed by atoms with Crippen LogP contribution in [0.1, 0.15) is 10.4 Å². The number of carbonyl (C=O) groups is 1. The van der Waals surface area contributed by atoms with Crippen LogP contribution >= 0.6 is 44.1 Å². The second-order valence-electron chi connectivity index (χ2n) is 3.89. The summed E-state index contributed by atoms with van der Waals surface area (Å²) in [5.41, 5.74) is 1.35. The lowest BCUT2D eigenvalue weighted by atomic mass is 10.2. The van der Waals surface area contributed by atoms with Crippen molar-refractivity contribution < 1.29 is 4.79 Å². The lowest BCUT2D eigenvalue weighted by Crippen LogP contribution is -2.34. The van der Waals surface area contributed by atoms with E-state index in [-0.39, 0.29) is 11.0 Å². The van der Waals surface area contributed by atoms with Gasteiger partial charge in [0.2, 0.25) is 0 Å². The standard InChI is InChI=1S/C14H10Br2N2OS/c15-9-5-7-10(8-6-9)17-14(20)18-13(19)11-3-1-2-4-12(11)16/h1-8H,(H2,17,18,19,20). The summed E-state index contributed by atoms with van der Waals surface area (Å²) in [6.07, 6.45) is 0. The number of hydrogen-bond acceptors (Lipinski definition) is 2. The van der Waals surface area contributed by atoms with Gasteiger partial charge in [-0.3, -0.25) is 10.1 Å². The van der Waals surface area contributed by atoms with Gasteiger partial charge < -0.3 is 5.32 Å². The number of anilines is 1. The molecule has 2 aromatic rings. The highest BCUT2D eigenvalue weighted by molar-refractivity contribution is 9.10. The largest absolute Gasteiger partial charge is 0.332 e. The van der Waals surface area contributed by atoms with Crippen LogP contribution in [0.15, 0.2) is 57.5 Å². The van der Waals surface area contributed by atoms with Crippen molar-refractivity contribution >= 4 is 60.8 Å². The third kappa shape index (κ3) is 4.13. The first-order chi connectivity index (χ1) is 9.56. The van der Waals surface area contributed by atoms with Crippen LogP contribution in [0.2, 0.25) is 0 Å². The van der Waals surface area contributed by atoms with Gasteiger partial charge in [-0.25, -0.2) is 0 Å². The molecule has 2 N–H and O–H groups in total. The van der Waals surface area contributed by atoms with Crippen LogP contribution in [0.5, 0.6) is 0 Å². The molecule has 2 rings (SSSR count). The number of carbonyl (C=O) groups excluding carboxylic acids is 1. The molecule has 6 heteroatoms. The van der Waals surface area contributed by atoms with Gasteiger partial charge >= 0.3 is 0 Å². The summed E-state index contributed by atoms with van der Waals surface area (Å²) in [6, 6.07) is 14.7. The van der Waals surface area contributed by atoms with Crippen LogP contribution in [0.4, 0.5) is 5.69 Å². The Hall–Kier alpha value is -1.24. The molecule has 3 nitrogen and oxygen atoms in total. The maximum atomic E-state index is 12.0. The van der Waals surface area contributed by atoms with Gasteiger partial charge in [0.1, 0.15) is 0 Å². The zero-order chi connectivity index (χ0) is 14.5. The summed E-state index contributed by atoms with van der Waals surface area (Å²) >= 11 is 11.8. The van der Waals surface area contributed by atoms with Gasteiger partial charge in [0.25, 0.3) is 5.91 Å². The fourth-order valence-corrected chi connectivity index (χ4v) is 2.45. The summed E-state index contributed by atoms with van der Waals surface area (Å²) in [6.45, 7) is 0. The zero-order valence-corrected chi connectivity index (χ0v) is 14.2. The van der Waals surface area contributed by atoms with E-state index in [2.05, 4.69) is 42.5 Å². The number of thiocarbonyl (C=S) groups is 1. The van der Waals surface area contributed by atoms with E-state index in [4.69, 9.17) is 12.2 Å². The van der Waals surface area contributed by atoms with Gasteiger partial charge in [-0.2, -0.15) is 0 Å². The second kappa shape index (κ2) is 6.97. The number of amides is 1. The SMILES string of the molecule is O=C(NC(=S)Nc1ccc(Br)cc1)c1ccccc1Br. The lowest BCUT2D eigenvalue weighted by molar-refractivity contribution is 0.0977. The van der Waals surface area contributed by atoms with E-state index in [1.165, 1.54) is 0 Å². The van der Waals surface area contributed by atoms with Gasteiger partial charge in [0.05, 0.1) is 5.56 Å². The van der Waals surface area contributed by atoms with E-state index in [1.54, 1.807) is 18.2 Å². The van der Waals surface area contributed by atoms with Crippen LogP contribution < -0.4 is 10.6 Å². The van der Waals surface area contributed by atoms with Crippen LogP contribution in [-0.2, 0) is 0 Å². The molecule has 102 valence electrons. The topological polar surface area (TPSA) is 41.1 Å². The van der Waals surface area contributed by atoms with Crippen LogP contribution in [-0.4, -0.2) is 11.0 Å². The van der Waals surface area contributed by atoms with Gasteiger partial charge in [-0.05, 0) is 64.5 Å². The van der Waals surface area contributed by atoms with Gasteiger partial charge in [-0.1, -0.05) is 28.1 Å². The zero-order valence-electron chi connectivity index (χ0n) is 10.2. The first-order valence-corrected chi connectivity index (χ1v) is 7.68. The van der Waals surface area contributed by atoms with E-state index in [0.717, 1.165) is 14.6 Å². The van der Waals surface area contributed by atoms with Crippen molar-refractivity contribution in [2.24, 2.45) is 0 Å². The van der Waals surface area contributed by atoms with E-state index in [1.807, 2.05) is 30.3 Å². The number of nitrogens with one attached hydrogen (secondary N) is 2. The average molecular weight is 414 g/mol. The Morgan fingerprint density at radius 2 is 1.65 bits per heavy atom. The predicted octanol–water partition coefficient (Wildman–Crippen LogP) is 4.34. The molecule has 2 aromatic carbocycles.